The summed E-state index contributed by atoms with van der Waals surface area (Å²) in [5.41, 5.74) is 0.229. The zero-order valence-corrected chi connectivity index (χ0v) is 12.7. The lowest BCUT2D eigenvalue weighted by atomic mass is 10.2. The normalized spacial score (nSPS) is 15.8. The van der Waals surface area contributed by atoms with Crippen molar-refractivity contribution in [3.05, 3.63) is 24.0 Å². The maximum atomic E-state index is 14.1. The molecule has 1 aromatic rings. The van der Waals surface area contributed by atoms with Crippen LogP contribution < -0.4 is 10.6 Å². The van der Waals surface area contributed by atoms with Crippen molar-refractivity contribution in [2.45, 2.75) is 24.8 Å². The molecule has 0 aromatic heterocycles. The zero-order valence-electron chi connectivity index (χ0n) is 11.9. The van der Waals surface area contributed by atoms with Gasteiger partial charge in [-0.15, -0.1) is 0 Å². The van der Waals surface area contributed by atoms with E-state index in [0.717, 1.165) is 6.07 Å². The van der Waals surface area contributed by atoms with E-state index in [1.165, 1.54) is 23.4 Å². The second-order valence-electron chi connectivity index (χ2n) is 4.85. The molecule has 1 amide bonds. The van der Waals surface area contributed by atoms with E-state index in [2.05, 4.69) is 10.6 Å². The van der Waals surface area contributed by atoms with E-state index in [1.807, 2.05) is 0 Å². The molecule has 6 nitrogen and oxygen atoms in total. The lowest BCUT2D eigenvalue weighted by Crippen LogP contribution is -2.58. The number of nitrogens with one attached hydrogen (secondary N) is 2. The van der Waals surface area contributed by atoms with Crippen molar-refractivity contribution >= 4 is 21.6 Å². The van der Waals surface area contributed by atoms with E-state index in [0.29, 0.717) is 13.1 Å². The number of hydrogen-bond acceptors (Lipinski definition) is 4. The summed E-state index contributed by atoms with van der Waals surface area (Å²) in [5.74, 6) is -1.22. The quantitative estimate of drug-likeness (QED) is 0.841. The predicted molar refractivity (Wildman–Crippen MR) is 76.9 cm³/mol. The fourth-order valence-corrected chi connectivity index (χ4v) is 3.90. The van der Waals surface area contributed by atoms with Gasteiger partial charge in [0, 0.05) is 32.2 Å². The number of carbonyl (C=O) groups is 1. The van der Waals surface area contributed by atoms with Crippen LogP contribution in [0.5, 0.6) is 0 Å². The van der Waals surface area contributed by atoms with Gasteiger partial charge in [0.15, 0.2) is 0 Å². The van der Waals surface area contributed by atoms with Crippen molar-refractivity contribution in [3.8, 4) is 0 Å². The number of rotatable bonds is 5. The molecule has 116 valence electrons. The summed E-state index contributed by atoms with van der Waals surface area (Å²) in [6.07, 6.45) is 0. The van der Waals surface area contributed by atoms with Crippen molar-refractivity contribution in [2.24, 2.45) is 0 Å². The van der Waals surface area contributed by atoms with Crippen molar-refractivity contribution in [1.29, 1.82) is 0 Å². The number of likely N-dealkylation sites (N-methyl/N-ethyl adjacent to an activating group) is 1. The van der Waals surface area contributed by atoms with Gasteiger partial charge in [-0.1, -0.05) is 6.92 Å². The van der Waals surface area contributed by atoms with Gasteiger partial charge in [-0.25, -0.2) is 12.8 Å². The van der Waals surface area contributed by atoms with Gasteiger partial charge in [-0.2, -0.15) is 4.31 Å². The average molecular weight is 315 g/mol. The number of hydrogen-bond donors (Lipinski definition) is 2. The van der Waals surface area contributed by atoms with E-state index in [4.69, 9.17) is 0 Å². The van der Waals surface area contributed by atoms with Crippen LogP contribution in [0.4, 0.5) is 10.1 Å². The van der Waals surface area contributed by atoms with Gasteiger partial charge in [0.05, 0.1) is 6.04 Å². The molecule has 1 saturated heterocycles. The molecule has 1 fully saturated rings. The average Bonchev–Trinajstić information content (AvgIpc) is 2.32. The Morgan fingerprint density at radius 2 is 2.14 bits per heavy atom. The van der Waals surface area contributed by atoms with Crippen LogP contribution >= 0.6 is 0 Å². The molecule has 2 rings (SSSR count). The zero-order chi connectivity index (χ0) is 15.6. The van der Waals surface area contributed by atoms with Crippen LogP contribution in [0, 0.1) is 5.82 Å². The highest BCUT2D eigenvalue weighted by molar-refractivity contribution is 7.89. The first kappa shape index (κ1) is 15.9. The summed E-state index contributed by atoms with van der Waals surface area (Å²) in [7, 11) is -3.88. The minimum atomic E-state index is -3.88. The summed E-state index contributed by atoms with van der Waals surface area (Å²) in [5, 5.41) is 5.41. The van der Waals surface area contributed by atoms with Crippen LogP contribution in [-0.2, 0) is 14.8 Å². The molecular weight excluding hydrogens is 297 g/mol. The Morgan fingerprint density at radius 3 is 2.57 bits per heavy atom. The number of carbonyl (C=O) groups excluding carboxylic acids is 1. The molecule has 21 heavy (non-hydrogen) atoms. The third-order valence-corrected chi connectivity index (χ3v) is 5.38. The molecular formula is C13H18FN3O3S. The highest BCUT2D eigenvalue weighted by atomic mass is 32.2. The van der Waals surface area contributed by atoms with Crippen LogP contribution in [0.3, 0.4) is 0 Å². The monoisotopic (exact) mass is 315 g/mol. The van der Waals surface area contributed by atoms with Gasteiger partial charge in [-0.05, 0) is 18.2 Å². The van der Waals surface area contributed by atoms with E-state index >= 15 is 0 Å². The molecule has 1 heterocycles. The van der Waals surface area contributed by atoms with E-state index in [1.54, 1.807) is 6.92 Å². The van der Waals surface area contributed by atoms with E-state index in [-0.39, 0.29) is 29.1 Å². The lowest BCUT2D eigenvalue weighted by Gasteiger charge is -2.36. The standard InChI is InChI=1S/C13H18FN3O3S/c1-3-17(11-7-15-8-11)21(19,20)13-5-4-10(6-12(13)14)16-9(2)18/h4-6,11,15H,3,7-8H2,1-2H3,(H,16,18). The third-order valence-electron chi connectivity index (χ3n) is 3.32. The van der Waals surface area contributed by atoms with Crippen LogP contribution in [0.2, 0.25) is 0 Å². The molecule has 0 atom stereocenters. The van der Waals surface area contributed by atoms with Crippen molar-refractivity contribution in [1.82, 2.24) is 9.62 Å². The van der Waals surface area contributed by atoms with Gasteiger partial charge in [0.1, 0.15) is 10.7 Å². The molecule has 0 spiro atoms. The molecule has 0 bridgehead atoms. The maximum Gasteiger partial charge on any atom is 0.246 e. The first-order valence-electron chi connectivity index (χ1n) is 6.66. The minimum Gasteiger partial charge on any atom is -0.326 e. The molecule has 1 aliphatic rings. The van der Waals surface area contributed by atoms with Crippen molar-refractivity contribution in [3.63, 3.8) is 0 Å². The van der Waals surface area contributed by atoms with Crippen LogP contribution in [0.15, 0.2) is 23.1 Å². The molecule has 8 heteroatoms. The maximum absolute atomic E-state index is 14.1. The highest BCUT2D eigenvalue weighted by Gasteiger charge is 2.35. The number of amides is 1. The molecule has 2 N–H and O–H groups in total. The van der Waals surface area contributed by atoms with Gasteiger partial charge in [0.25, 0.3) is 0 Å². The number of anilines is 1. The molecule has 0 saturated carbocycles. The molecule has 1 aliphatic heterocycles. The smallest absolute Gasteiger partial charge is 0.246 e. The van der Waals surface area contributed by atoms with Gasteiger partial charge in [0.2, 0.25) is 15.9 Å². The molecule has 0 radical (unpaired) electrons. The first-order chi connectivity index (χ1) is 9.86. The Hall–Kier alpha value is -1.51. The third kappa shape index (κ3) is 3.22. The Labute approximate surface area is 123 Å². The lowest BCUT2D eigenvalue weighted by molar-refractivity contribution is -0.114. The molecule has 0 unspecified atom stereocenters. The molecule has 1 aromatic carbocycles. The van der Waals surface area contributed by atoms with Gasteiger partial charge < -0.3 is 10.6 Å². The summed E-state index contributed by atoms with van der Waals surface area (Å²) in [6, 6.07) is 3.44. The minimum absolute atomic E-state index is 0.144. The van der Waals surface area contributed by atoms with Gasteiger partial charge >= 0.3 is 0 Å². The predicted octanol–water partition coefficient (Wildman–Crippen LogP) is 0.766. The summed E-state index contributed by atoms with van der Waals surface area (Å²) < 4.78 is 40.4. The van der Waals surface area contributed by atoms with Crippen molar-refractivity contribution in [2.75, 3.05) is 25.0 Å². The van der Waals surface area contributed by atoms with Crippen LogP contribution in [-0.4, -0.2) is 44.3 Å². The topological polar surface area (TPSA) is 78.5 Å². The Balaban J connectivity index is 2.33. The molecule has 0 aliphatic carbocycles. The summed E-state index contributed by atoms with van der Waals surface area (Å²) in [6.45, 7) is 4.43. The Bertz CT molecular complexity index is 644. The second kappa shape index (κ2) is 6.08. The number of sulfonamides is 1. The summed E-state index contributed by atoms with van der Waals surface area (Å²) in [4.78, 5) is 10.6. The Kier molecular flexibility index (Phi) is 4.60. The number of benzene rings is 1. The first-order valence-corrected chi connectivity index (χ1v) is 8.10. The fourth-order valence-electron chi connectivity index (χ4n) is 2.22. The SMILES string of the molecule is CCN(C1CNC1)S(=O)(=O)c1ccc(NC(C)=O)cc1F. The summed E-state index contributed by atoms with van der Waals surface area (Å²) >= 11 is 0. The largest absolute Gasteiger partial charge is 0.326 e. The van der Waals surface area contributed by atoms with Crippen molar-refractivity contribution < 1.29 is 17.6 Å². The Morgan fingerprint density at radius 1 is 1.48 bits per heavy atom. The van der Waals surface area contributed by atoms with Crippen LogP contribution in [0.1, 0.15) is 13.8 Å². The van der Waals surface area contributed by atoms with Gasteiger partial charge in [-0.3, -0.25) is 4.79 Å². The van der Waals surface area contributed by atoms with E-state index < -0.39 is 15.8 Å². The number of halogens is 1. The fraction of sp³-hybridized carbons (Fsp3) is 0.462. The van der Waals surface area contributed by atoms with E-state index in [9.17, 15) is 17.6 Å². The second-order valence-corrected chi connectivity index (χ2v) is 6.71. The highest BCUT2D eigenvalue weighted by Crippen LogP contribution is 2.24. The van der Waals surface area contributed by atoms with Crippen LogP contribution in [0.25, 0.3) is 0 Å². The number of nitrogens with zero attached hydrogens (tertiary/aromatic N) is 1.